The lowest BCUT2D eigenvalue weighted by molar-refractivity contribution is -0.113. The molecule has 0 bridgehead atoms. The molecule has 0 aliphatic heterocycles. The van der Waals surface area contributed by atoms with E-state index < -0.39 is 11.2 Å². The van der Waals surface area contributed by atoms with Crippen molar-refractivity contribution in [2.45, 2.75) is 25.0 Å². The summed E-state index contributed by atoms with van der Waals surface area (Å²) in [7, 11) is 0. The van der Waals surface area contributed by atoms with Crippen molar-refractivity contribution >= 4 is 0 Å². The highest BCUT2D eigenvalue weighted by atomic mass is 16.4. The normalized spacial score (nSPS) is 15.2. The monoisotopic (exact) mass is 394 g/mol. The molecule has 0 fully saturated rings. The van der Waals surface area contributed by atoms with Gasteiger partial charge >= 0.3 is 0 Å². The van der Waals surface area contributed by atoms with Gasteiger partial charge in [0.2, 0.25) is 0 Å². The first-order valence-electron chi connectivity index (χ1n) is 10.2. The molecule has 2 nitrogen and oxygen atoms in total. The van der Waals surface area contributed by atoms with E-state index in [9.17, 15) is 10.2 Å². The van der Waals surface area contributed by atoms with E-state index in [0.717, 1.165) is 11.1 Å². The Bertz CT molecular complexity index is 1010. The fourth-order valence-corrected chi connectivity index (χ4v) is 4.12. The summed E-state index contributed by atoms with van der Waals surface area (Å²) < 4.78 is 0. The van der Waals surface area contributed by atoms with Crippen molar-refractivity contribution in [3.05, 3.63) is 143 Å². The van der Waals surface area contributed by atoms with Crippen molar-refractivity contribution < 1.29 is 10.2 Å². The Morgan fingerprint density at radius 2 is 0.667 bits per heavy atom. The summed E-state index contributed by atoms with van der Waals surface area (Å²) in [5, 5.41) is 25.0. The Hall–Kier alpha value is -3.20. The van der Waals surface area contributed by atoms with Crippen LogP contribution in [0, 0.1) is 13.8 Å². The number of hydrogen-bond donors (Lipinski definition) is 2. The Balaban J connectivity index is 2.08. The van der Waals surface area contributed by atoms with Gasteiger partial charge in [0.1, 0.15) is 0 Å². The molecule has 0 amide bonds. The molecule has 2 atom stereocenters. The first-order valence-corrected chi connectivity index (χ1v) is 10.2. The quantitative estimate of drug-likeness (QED) is 0.471. The zero-order valence-electron chi connectivity index (χ0n) is 17.3. The minimum atomic E-state index is -1.71. The predicted octanol–water partition coefficient (Wildman–Crippen LogP) is 5.48. The van der Waals surface area contributed by atoms with Gasteiger partial charge in [0.15, 0.2) is 11.2 Å². The third-order valence-corrected chi connectivity index (χ3v) is 5.85. The molecule has 0 unspecified atom stereocenters. The number of benzene rings is 4. The highest BCUT2D eigenvalue weighted by Gasteiger charge is 2.54. The number of aliphatic hydroxyl groups is 2. The minimum Gasteiger partial charge on any atom is -0.377 e. The van der Waals surface area contributed by atoms with Crippen molar-refractivity contribution in [3.8, 4) is 0 Å². The fourth-order valence-electron chi connectivity index (χ4n) is 4.12. The summed E-state index contributed by atoms with van der Waals surface area (Å²) in [4.78, 5) is 0. The third kappa shape index (κ3) is 3.24. The molecular weight excluding hydrogens is 368 g/mol. The number of hydrogen-bond acceptors (Lipinski definition) is 2. The Morgan fingerprint density at radius 3 is 0.967 bits per heavy atom. The van der Waals surface area contributed by atoms with Crippen molar-refractivity contribution in [1.82, 2.24) is 0 Å². The largest absolute Gasteiger partial charge is 0.377 e. The van der Waals surface area contributed by atoms with E-state index in [1.165, 1.54) is 0 Å². The van der Waals surface area contributed by atoms with E-state index >= 15 is 0 Å². The zero-order valence-corrected chi connectivity index (χ0v) is 17.3. The highest BCUT2D eigenvalue weighted by molar-refractivity contribution is 5.51. The van der Waals surface area contributed by atoms with Crippen LogP contribution < -0.4 is 0 Å². The maximum atomic E-state index is 12.5. The molecule has 4 aromatic rings. The molecule has 0 aromatic heterocycles. The lowest BCUT2D eigenvalue weighted by Gasteiger charge is -2.45. The van der Waals surface area contributed by atoms with E-state index in [0.29, 0.717) is 22.3 Å². The molecule has 4 rings (SSSR count). The van der Waals surface area contributed by atoms with Crippen molar-refractivity contribution in [3.63, 3.8) is 0 Å². The molecule has 0 radical (unpaired) electrons. The van der Waals surface area contributed by atoms with Gasteiger partial charge in [-0.1, -0.05) is 120 Å². The average Bonchev–Trinajstić information content (AvgIpc) is 2.80. The fraction of sp³-hybridized carbons (Fsp3) is 0.143. The molecule has 150 valence electrons. The van der Waals surface area contributed by atoms with E-state index in [1.54, 1.807) is 0 Å². The molecule has 0 saturated carbocycles. The van der Waals surface area contributed by atoms with Gasteiger partial charge in [0.05, 0.1) is 0 Å². The molecule has 0 saturated heterocycles. The predicted molar refractivity (Wildman–Crippen MR) is 121 cm³/mol. The van der Waals surface area contributed by atoms with Crippen LogP contribution in [-0.4, -0.2) is 10.2 Å². The van der Waals surface area contributed by atoms with E-state index in [-0.39, 0.29) is 0 Å². The van der Waals surface area contributed by atoms with Crippen LogP contribution in [0.1, 0.15) is 33.4 Å². The van der Waals surface area contributed by atoms with Crippen LogP contribution in [0.15, 0.2) is 109 Å². The van der Waals surface area contributed by atoms with E-state index in [1.807, 2.05) is 123 Å². The number of aryl methyl sites for hydroxylation is 2. The SMILES string of the molecule is Cc1ccc([C@](O)(c2ccccc2)[C@](O)(c2ccccc2)c2ccc(C)cc2)cc1. The highest BCUT2D eigenvalue weighted by Crippen LogP contribution is 2.49. The smallest absolute Gasteiger partial charge is 0.152 e. The maximum Gasteiger partial charge on any atom is 0.152 e. The van der Waals surface area contributed by atoms with Crippen LogP contribution in [0.3, 0.4) is 0 Å². The van der Waals surface area contributed by atoms with Crippen LogP contribution in [0.4, 0.5) is 0 Å². The van der Waals surface area contributed by atoms with Crippen molar-refractivity contribution in [2.24, 2.45) is 0 Å². The van der Waals surface area contributed by atoms with Gasteiger partial charge in [0, 0.05) is 0 Å². The maximum absolute atomic E-state index is 12.5. The van der Waals surface area contributed by atoms with Gasteiger partial charge in [-0.2, -0.15) is 0 Å². The molecular formula is C28H26O2. The minimum absolute atomic E-state index is 0.626. The Labute approximate surface area is 178 Å². The second-order valence-electron chi connectivity index (χ2n) is 7.88. The lowest BCUT2D eigenvalue weighted by atomic mass is 9.66. The van der Waals surface area contributed by atoms with Gasteiger partial charge in [-0.15, -0.1) is 0 Å². The van der Waals surface area contributed by atoms with E-state index in [4.69, 9.17) is 0 Å². The first-order chi connectivity index (χ1) is 14.5. The van der Waals surface area contributed by atoms with E-state index in [2.05, 4.69) is 0 Å². The molecule has 4 aromatic carbocycles. The summed E-state index contributed by atoms with van der Waals surface area (Å²) in [5.74, 6) is 0. The molecule has 0 heterocycles. The molecule has 0 spiro atoms. The topological polar surface area (TPSA) is 40.5 Å². The summed E-state index contributed by atoms with van der Waals surface area (Å²) in [6.45, 7) is 4.02. The van der Waals surface area contributed by atoms with Gasteiger partial charge in [-0.3, -0.25) is 0 Å². The summed E-state index contributed by atoms with van der Waals surface area (Å²) in [6.07, 6.45) is 0. The lowest BCUT2D eigenvalue weighted by Crippen LogP contribution is -2.51. The summed E-state index contributed by atoms with van der Waals surface area (Å²) in [5.41, 5.74) is 1.27. The second kappa shape index (κ2) is 7.91. The van der Waals surface area contributed by atoms with Gasteiger partial charge in [-0.25, -0.2) is 0 Å². The first kappa shape index (κ1) is 20.1. The Morgan fingerprint density at radius 1 is 0.400 bits per heavy atom. The average molecular weight is 395 g/mol. The number of rotatable bonds is 5. The van der Waals surface area contributed by atoms with Gasteiger partial charge in [-0.05, 0) is 36.1 Å². The van der Waals surface area contributed by atoms with Crippen LogP contribution in [0.25, 0.3) is 0 Å². The van der Waals surface area contributed by atoms with Gasteiger partial charge < -0.3 is 10.2 Å². The summed E-state index contributed by atoms with van der Waals surface area (Å²) in [6, 6.07) is 34.2. The molecule has 2 N–H and O–H groups in total. The molecule has 30 heavy (non-hydrogen) atoms. The molecule has 0 aliphatic carbocycles. The van der Waals surface area contributed by atoms with Crippen molar-refractivity contribution in [2.75, 3.05) is 0 Å². The standard InChI is InChI=1S/C28H26O2/c1-21-13-17-25(18-14-21)27(29,23-9-5-3-6-10-23)28(30,24-11-7-4-8-12-24)26-19-15-22(2)16-20-26/h3-20,29-30H,1-2H3/t27-,28+. The van der Waals surface area contributed by atoms with Gasteiger partial charge in [0.25, 0.3) is 0 Å². The van der Waals surface area contributed by atoms with Crippen LogP contribution in [0.5, 0.6) is 0 Å². The third-order valence-electron chi connectivity index (χ3n) is 5.85. The van der Waals surface area contributed by atoms with Crippen LogP contribution >= 0.6 is 0 Å². The van der Waals surface area contributed by atoms with Crippen LogP contribution in [0.2, 0.25) is 0 Å². The van der Waals surface area contributed by atoms with Crippen LogP contribution in [-0.2, 0) is 11.2 Å². The van der Waals surface area contributed by atoms with Crippen molar-refractivity contribution in [1.29, 1.82) is 0 Å². The summed E-state index contributed by atoms with van der Waals surface area (Å²) >= 11 is 0. The Kier molecular flexibility index (Phi) is 5.29. The zero-order chi connectivity index (χ0) is 21.2. The molecule has 0 aliphatic rings. The second-order valence-corrected chi connectivity index (χ2v) is 7.88. The molecule has 2 heteroatoms.